The molecule has 2 aromatic carbocycles. The fraction of sp³-hybridized carbons (Fsp3) is 0.167. The number of anilines is 2. The Balaban J connectivity index is 2.14. The van der Waals surface area contributed by atoms with Crippen LogP contribution in [0, 0.1) is 0 Å². The molecule has 3 nitrogen and oxygen atoms in total. The number of nitrogens with zero attached hydrogens (tertiary/aromatic N) is 2. The van der Waals surface area contributed by atoms with Crippen LogP contribution in [0.1, 0.15) is 5.56 Å². The lowest BCUT2D eigenvalue weighted by Crippen LogP contribution is -2.13. The van der Waals surface area contributed by atoms with E-state index in [2.05, 4.69) is 58.6 Å². The Hall–Kier alpha value is -2.39. The lowest BCUT2D eigenvalue weighted by Gasteiger charge is -2.21. The Labute approximate surface area is 125 Å². The first-order valence-corrected chi connectivity index (χ1v) is 7.11. The van der Waals surface area contributed by atoms with Crippen LogP contribution in [0.15, 0.2) is 60.8 Å². The lowest BCUT2D eigenvalue weighted by molar-refractivity contribution is 0.819. The second-order valence-electron chi connectivity index (χ2n) is 5.08. The van der Waals surface area contributed by atoms with Crippen molar-refractivity contribution in [3.05, 3.63) is 66.4 Å². The summed E-state index contributed by atoms with van der Waals surface area (Å²) in [6, 6.07) is 18.7. The zero-order valence-corrected chi connectivity index (χ0v) is 12.4. The highest BCUT2D eigenvalue weighted by Gasteiger charge is 2.11. The summed E-state index contributed by atoms with van der Waals surface area (Å²) in [4.78, 5) is 6.82. The molecular formula is C18H19N3. The molecule has 1 heterocycles. The van der Waals surface area contributed by atoms with Gasteiger partial charge in [0.1, 0.15) is 5.82 Å². The number of benzene rings is 2. The summed E-state index contributed by atoms with van der Waals surface area (Å²) in [5.41, 5.74) is 2.36. The van der Waals surface area contributed by atoms with Crippen molar-refractivity contribution in [3.8, 4) is 0 Å². The Morgan fingerprint density at radius 1 is 0.952 bits per heavy atom. The van der Waals surface area contributed by atoms with Gasteiger partial charge >= 0.3 is 0 Å². The molecule has 0 spiro atoms. The van der Waals surface area contributed by atoms with Gasteiger partial charge in [-0.1, -0.05) is 42.5 Å². The molecule has 1 N–H and O–H groups in total. The summed E-state index contributed by atoms with van der Waals surface area (Å²) in [5, 5.41) is 5.63. The van der Waals surface area contributed by atoms with Crippen molar-refractivity contribution in [1.29, 1.82) is 0 Å². The largest absolute Gasteiger partial charge is 0.329 e. The second kappa shape index (κ2) is 5.94. The molecule has 0 aliphatic rings. The number of fused-ring (bicyclic) bond motifs is 1. The zero-order chi connectivity index (χ0) is 14.7. The fourth-order valence-electron chi connectivity index (χ4n) is 2.61. The van der Waals surface area contributed by atoms with Gasteiger partial charge in [0.15, 0.2) is 0 Å². The van der Waals surface area contributed by atoms with E-state index >= 15 is 0 Å². The minimum atomic E-state index is 0.822. The summed E-state index contributed by atoms with van der Waals surface area (Å²) < 4.78 is 0. The van der Waals surface area contributed by atoms with Crippen molar-refractivity contribution in [2.24, 2.45) is 0 Å². The molecule has 0 saturated heterocycles. The molecule has 0 aliphatic carbocycles. The Morgan fingerprint density at radius 2 is 1.62 bits per heavy atom. The molecule has 0 unspecified atom stereocenters. The highest BCUT2D eigenvalue weighted by molar-refractivity contribution is 5.95. The molecule has 1 aromatic heterocycles. The summed E-state index contributed by atoms with van der Waals surface area (Å²) in [6.07, 6.45) is 1.97. The minimum absolute atomic E-state index is 0.822. The average Bonchev–Trinajstić information content (AvgIpc) is 2.56. The maximum absolute atomic E-state index is 4.69. The van der Waals surface area contributed by atoms with E-state index in [1.807, 2.05) is 31.4 Å². The van der Waals surface area contributed by atoms with E-state index in [-0.39, 0.29) is 0 Å². The van der Waals surface area contributed by atoms with E-state index in [0.29, 0.717) is 0 Å². The minimum Gasteiger partial charge on any atom is -0.329 e. The van der Waals surface area contributed by atoms with E-state index in [0.717, 1.165) is 18.1 Å². The number of hydrogen-bond acceptors (Lipinski definition) is 3. The van der Waals surface area contributed by atoms with E-state index in [1.165, 1.54) is 16.3 Å². The molecule has 0 aliphatic heterocycles. The van der Waals surface area contributed by atoms with Gasteiger partial charge in [0.2, 0.25) is 0 Å². The Bertz CT molecular complexity index is 738. The molecule has 3 aromatic rings. The van der Waals surface area contributed by atoms with Gasteiger partial charge < -0.3 is 10.2 Å². The molecule has 3 rings (SSSR count). The van der Waals surface area contributed by atoms with E-state index in [1.54, 1.807) is 0 Å². The molecule has 106 valence electrons. The second-order valence-corrected chi connectivity index (χ2v) is 5.08. The lowest BCUT2D eigenvalue weighted by atomic mass is 10.1. The maximum Gasteiger partial charge on any atom is 0.140 e. The molecule has 3 heteroatoms. The number of hydrogen-bond donors (Lipinski definition) is 1. The molecular weight excluding hydrogens is 258 g/mol. The van der Waals surface area contributed by atoms with Gasteiger partial charge in [0, 0.05) is 30.9 Å². The van der Waals surface area contributed by atoms with Gasteiger partial charge in [-0.25, -0.2) is 4.98 Å². The van der Waals surface area contributed by atoms with Crippen molar-refractivity contribution in [2.45, 2.75) is 6.54 Å². The first-order chi connectivity index (χ1) is 10.3. The molecule has 21 heavy (non-hydrogen) atoms. The van der Waals surface area contributed by atoms with Crippen molar-refractivity contribution < 1.29 is 0 Å². The predicted molar refractivity (Wildman–Crippen MR) is 89.0 cm³/mol. The van der Waals surface area contributed by atoms with Gasteiger partial charge in [-0.2, -0.15) is 0 Å². The maximum atomic E-state index is 4.69. The quantitative estimate of drug-likeness (QED) is 0.787. The van der Waals surface area contributed by atoms with E-state index in [9.17, 15) is 0 Å². The van der Waals surface area contributed by atoms with Crippen LogP contribution >= 0.6 is 0 Å². The number of rotatable bonds is 4. The van der Waals surface area contributed by atoms with Crippen molar-refractivity contribution >= 4 is 22.3 Å². The van der Waals surface area contributed by atoms with Crippen LogP contribution in [0.25, 0.3) is 10.8 Å². The first kappa shape index (κ1) is 13.6. The number of para-hydroxylation sites is 1. The number of pyridine rings is 1. The van der Waals surface area contributed by atoms with Crippen LogP contribution in [0.3, 0.4) is 0 Å². The van der Waals surface area contributed by atoms with Crippen LogP contribution in [0.2, 0.25) is 0 Å². The third-order valence-electron chi connectivity index (χ3n) is 3.69. The smallest absolute Gasteiger partial charge is 0.140 e. The Morgan fingerprint density at radius 3 is 2.33 bits per heavy atom. The van der Waals surface area contributed by atoms with Gasteiger partial charge in [-0.15, -0.1) is 0 Å². The SMILES string of the molecule is CNCc1cnc(N(C)c2ccccc2)c2ccccc12. The topological polar surface area (TPSA) is 28.2 Å². The van der Waals surface area contributed by atoms with Crippen molar-refractivity contribution in [2.75, 3.05) is 19.0 Å². The van der Waals surface area contributed by atoms with E-state index < -0.39 is 0 Å². The summed E-state index contributed by atoms with van der Waals surface area (Å²) in [6.45, 7) is 0.822. The molecule has 0 saturated carbocycles. The normalized spacial score (nSPS) is 10.8. The molecule has 0 amide bonds. The van der Waals surface area contributed by atoms with Gasteiger partial charge in [0.25, 0.3) is 0 Å². The van der Waals surface area contributed by atoms with Crippen LogP contribution < -0.4 is 10.2 Å². The molecule has 0 radical (unpaired) electrons. The van der Waals surface area contributed by atoms with Crippen LogP contribution in [-0.2, 0) is 6.54 Å². The molecule has 0 fully saturated rings. The fourth-order valence-corrected chi connectivity index (χ4v) is 2.61. The summed E-state index contributed by atoms with van der Waals surface area (Å²) in [5.74, 6) is 0.983. The third kappa shape index (κ3) is 2.60. The summed E-state index contributed by atoms with van der Waals surface area (Å²) in [7, 11) is 4.01. The predicted octanol–water partition coefficient (Wildman–Crippen LogP) is 3.72. The monoisotopic (exact) mass is 277 g/mol. The van der Waals surface area contributed by atoms with Gasteiger partial charge in [0.05, 0.1) is 0 Å². The van der Waals surface area contributed by atoms with Crippen molar-refractivity contribution in [3.63, 3.8) is 0 Å². The third-order valence-corrected chi connectivity index (χ3v) is 3.69. The van der Waals surface area contributed by atoms with Crippen molar-refractivity contribution in [1.82, 2.24) is 10.3 Å². The first-order valence-electron chi connectivity index (χ1n) is 7.11. The van der Waals surface area contributed by atoms with Gasteiger partial charge in [-0.3, -0.25) is 0 Å². The number of nitrogens with one attached hydrogen (secondary N) is 1. The number of aromatic nitrogens is 1. The van der Waals surface area contributed by atoms with Gasteiger partial charge in [-0.05, 0) is 30.1 Å². The summed E-state index contributed by atoms with van der Waals surface area (Å²) >= 11 is 0. The van der Waals surface area contributed by atoms with Crippen LogP contribution in [0.4, 0.5) is 11.5 Å². The highest BCUT2D eigenvalue weighted by atomic mass is 15.2. The molecule has 0 atom stereocenters. The highest BCUT2D eigenvalue weighted by Crippen LogP contribution is 2.30. The Kier molecular flexibility index (Phi) is 3.84. The molecule has 0 bridgehead atoms. The van der Waals surface area contributed by atoms with E-state index in [4.69, 9.17) is 0 Å². The average molecular weight is 277 g/mol. The zero-order valence-electron chi connectivity index (χ0n) is 12.4. The van der Waals surface area contributed by atoms with Crippen LogP contribution in [0.5, 0.6) is 0 Å². The standard InChI is InChI=1S/C18H19N3/c1-19-12-14-13-20-18(17-11-7-6-10-16(14)17)21(2)15-8-4-3-5-9-15/h3-11,13,19H,12H2,1-2H3. The van der Waals surface area contributed by atoms with Crippen LogP contribution in [-0.4, -0.2) is 19.1 Å².